The average Bonchev–Trinajstić information content (AvgIpc) is 2.19. The molecule has 2 heteroatoms. The highest BCUT2D eigenvalue weighted by molar-refractivity contribution is 5.87. The Kier molecular flexibility index (Phi) is 1.85. The number of fused-ring (bicyclic) bond motifs is 1. The van der Waals surface area contributed by atoms with Gasteiger partial charge in [-0.2, -0.15) is 0 Å². The van der Waals surface area contributed by atoms with Crippen LogP contribution in [0, 0.1) is 23.6 Å². The molecule has 0 fully saturated rings. The van der Waals surface area contributed by atoms with Gasteiger partial charge >= 0.3 is 0 Å². The van der Waals surface area contributed by atoms with Crippen molar-refractivity contribution in [3.05, 3.63) is 42.5 Å². The molecule has 0 aromatic heterocycles. The van der Waals surface area contributed by atoms with E-state index in [1.807, 2.05) is 24.3 Å². The molecule has 0 aliphatic heterocycles. The van der Waals surface area contributed by atoms with Crippen LogP contribution in [0.1, 0.15) is 0 Å². The first-order chi connectivity index (χ1) is 6.42. The average molecular weight is 167 g/mol. The summed E-state index contributed by atoms with van der Waals surface area (Å²) in [4.78, 5) is 0. The van der Waals surface area contributed by atoms with E-state index in [-0.39, 0.29) is 0 Å². The maximum Gasteiger partial charge on any atom is 0.292 e. The van der Waals surface area contributed by atoms with E-state index in [0.29, 0.717) is 5.75 Å². The van der Waals surface area contributed by atoms with Gasteiger partial charge in [0.25, 0.3) is 6.26 Å². The monoisotopic (exact) mass is 167 g/mol. The van der Waals surface area contributed by atoms with E-state index < -0.39 is 0 Å². The highest BCUT2D eigenvalue weighted by Gasteiger charge is 2.00. The summed E-state index contributed by atoms with van der Waals surface area (Å²) in [5.74, 6) is 0.431. The van der Waals surface area contributed by atoms with Crippen molar-refractivity contribution in [2.75, 3.05) is 0 Å². The third-order valence-electron chi connectivity index (χ3n) is 1.77. The van der Waals surface area contributed by atoms with Gasteiger partial charge in [-0.3, -0.25) is 0 Å². The molecule has 0 saturated carbocycles. The van der Waals surface area contributed by atoms with E-state index in [2.05, 4.69) is 12.1 Å². The second-order valence-corrected chi connectivity index (χ2v) is 2.52. The van der Waals surface area contributed by atoms with Gasteiger partial charge in [-0.05, 0) is 17.5 Å². The van der Waals surface area contributed by atoms with Crippen molar-refractivity contribution in [2.45, 2.75) is 0 Å². The quantitative estimate of drug-likeness (QED) is 0.610. The third kappa shape index (κ3) is 1.32. The molecule has 60 valence electrons. The number of hydrogen-bond donors (Lipinski definition) is 0. The maximum atomic E-state index is 8.37. The van der Waals surface area contributed by atoms with Crippen LogP contribution in [0.5, 0.6) is 5.75 Å². The van der Waals surface area contributed by atoms with E-state index in [1.165, 1.54) is 0 Å². The van der Waals surface area contributed by atoms with E-state index in [9.17, 15) is 0 Å². The van der Waals surface area contributed by atoms with Gasteiger partial charge in [0.1, 0.15) is 0 Å². The molecule has 0 bridgehead atoms. The summed E-state index contributed by atoms with van der Waals surface area (Å²) in [6, 6.07) is 15.0. The standard InChI is InChI=1S/C11H5NO/c12-8-13-11-7-3-5-9-4-1-2-6-10(9)11/h1-2,4-6H. The summed E-state index contributed by atoms with van der Waals surface area (Å²) in [6.07, 6.45) is 1.62. The van der Waals surface area contributed by atoms with Gasteiger partial charge in [-0.25, -0.2) is 0 Å². The first-order valence-electron chi connectivity index (χ1n) is 3.79. The molecule has 0 atom stereocenters. The molecular weight excluding hydrogens is 162 g/mol. The summed E-state index contributed by atoms with van der Waals surface area (Å²) >= 11 is 0. The smallest absolute Gasteiger partial charge is 0.292 e. The van der Waals surface area contributed by atoms with Gasteiger partial charge in [0, 0.05) is 11.5 Å². The molecule has 0 N–H and O–H groups in total. The number of nitriles is 1. The van der Waals surface area contributed by atoms with Crippen LogP contribution in [0.3, 0.4) is 0 Å². The number of ether oxygens (including phenoxy) is 1. The molecular formula is C11H5NO. The van der Waals surface area contributed by atoms with Gasteiger partial charge in [-0.15, -0.1) is 5.26 Å². The van der Waals surface area contributed by atoms with Crippen LogP contribution in [0.15, 0.2) is 30.3 Å². The van der Waals surface area contributed by atoms with Crippen molar-refractivity contribution < 1.29 is 4.74 Å². The van der Waals surface area contributed by atoms with Crippen molar-refractivity contribution in [1.82, 2.24) is 0 Å². The van der Waals surface area contributed by atoms with E-state index in [0.717, 1.165) is 10.8 Å². The van der Waals surface area contributed by atoms with Crippen LogP contribution in [-0.4, -0.2) is 0 Å². The number of hydrogen-bond acceptors (Lipinski definition) is 2. The Morgan fingerprint density at radius 3 is 3.00 bits per heavy atom. The van der Waals surface area contributed by atoms with Gasteiger partial charge in [0.2, 0.25) is 0 Å². The second kappa shape index (κ2) is 3.16. The maximum absolute atomic E-state index is 8.37. The molecule has 2 aromatic rings. The van der Waals surface area contributed by atoms with Crippen molar-refractivity contribution in [3.8, 4) is 12.0 Å². The molecule has 0 aliphatic carbocycles. The van der Waals surface area contributed by atoms with Crippen LogP contribution < -0.4 is 4.74 Å². The lowest BCUT2D eigenvalue weighted by molar-refractivity contribution is 0.512. The number of benzene rings is 2. The van der Waals surface area contributed by atoms with Gasteiger partial charge in [0.15, 0.2) is 5.75 Å². The largest absolute Gasteiger partial charge is 0.387 e. The van der Waals surface area contributed by atoms with Crippen LogP contribution in [-0.2, 0) is 0 Å². The predicted molar refractivity (Wildman–Crippen MR) is 47.9 cm³/mol. The lowest BCUT2D eigenvalue weighted by Gasteiger charge is -2.00. The van der Waals surface area contributed by atoms with Gasteiger partial charge in [-0.1, -0.05) is 24.3 Å². The fourth-order valence-electron chi connectivity index (χ4n) is 1.20. The fourth-order valence-corrected chi connectivity index (χ4v) is 1.20. The molecule has 2 rings (SSSR count). The van der Waals surface area contributed by atoms with E-state index in [1.54, 1.807) is 12.3 Å². The molecule has 0 unspecified atom stereocenters. The van der Waals surface area contributed by atoms with Crippen LogP contribution in [0.4, 0.5) is 0 Å². The van der Waals surface area contributed by atoms with Gasteiger partial charge < -0.3 is 4.74 Å². The topological polar surface area (TPSA) is 33.0 Å². The number of nitrogens with zero attached hydrogens (tertiary/aromatic N) is 1. The van der Waals surface area contributed by atoms with E-state index >= 15 is 0 Å². The van der Waals surface area contributed by atoms with Crippen LogP contribution >= 0.6 is 0 Å². The first-order valence-corrected chi connectivity index (χ1v) is 3.79. The van der Waals surface area contributed by atoms with Crippen molar-refractivity contribution >= 4 is 10.8 Å². The van der Waals surface area contributed by atoms with Crippen LogP contribution in [0.25, 0.3) is 10.8 Å². The zero-order valence-corrected chi connectivity index (χ0v) is 6.74. The van der Waals surface area contributed by atoms with Crippen molar-refractivity contribution in [2.24, 2.45) is 0 Å². The predicted octanol–water partition coefficient (Wildman–Crippen LogP) is 2.30. The minimum absolute atomic E-state index is 0.431. The second-order valence-electron chi connectivity index (χ2n) is 2.52. The SMILES string of the molecule is N#COc1[c][c]cc2ccccc12. The Morgan fingerprint density at radius 2 is 2.15 bits per heavy atom. The fraction of sp³-hybridized carbons (Fsp3) is 0. The molecule has 2 radical (unpaired) electrons. The molecule has 0 spiro atoms. The highest BCUT2D eigenvalue weighted by atomic mass is 16.5. The Hall–Kier alpha value is -2.01. The minimum Gasteiger partial charge on any atom is -0.387 e. The Labute approximate surface area is 76.0 Å². The summed E-state index contributed by atoms with van der Waals surface area (Å²) in [6.45, 7) is 0. The highest BCUT2D eigenvalue weighted by Crippen LogP contribution is 2.23. The zero-order chi connectivity index (χ0) is 9.10. The van der Waals surface area contributed by atoms with Crippen molar-refractivity contribution in [3.63, 3.8) is 0 Å². The molecule has 0 aliphatic rings. The Morgan fingerprint density at radius 1 is 1.31 bits per heavy atom. The Bertz CT molecular complexity index is 465. The lowest BCUT2D eigenvalue weighted by Crippen LogP contribution is -1.83. The Balaban J connectivity index is 2.70. The van der Waals surface area contributed by atoms with Crippen LogP contribution in [0.2, 0.25) is 0 Å². The zero-order valence-electron chi connectivity index (χ0n) is 6.74. The minimum atomic E-state index is 0.431. The molecule has 0 saturated heterocycles. The van der Waals surface area contributed by atoms with E-state index in [4.69, 9.17) is 10.00 Å². The summed E-state index contributed by atoms with van der Waals surface area (Å²) in [5.41, 5.74) is 0. The third-order valence-corrected chi connectivity index (χ3v) is 1.77. The first kappa shape index (κ1) is 7.63. The molecule has 2 aromatic carbocycles. The lowest BCUT2D eigenvalue weighted by atomic mass is 10.1. The normalized spacial score (nSPS) is 9.46. The molecule has 2 nitrogen and oxygen atoms in total. The number of rotatable bonds is 1. The van der Waals surface area contributed by atoms with Gasteiger partial charge in [0.05, 0.1) is 0 Å². The summed E-state index contributed by atoms with van der Waals surface area (Å²) in [5, 5.41) is 10.2. The summed E-state index contributed by atoms with van der Waals surface area (Å²) < 4.78 is 4.74. The summed E-state index contributed by atoms with van der Waals surface area (Å²) in [7, 11) is 0. The van der Waals surface area contributed by atoms with Crippen molar-refractivity contribution in [1.29, 1.82) is 5.26 Å². The molecule has 13 heavy (non-hydrogen) atoms. The molecule has 0 amide bonds. The molecule has 0 heterocycles.